The first kappa shape index (κ1) is 12.0. The van der Waals surface area contributed by atoms with Gasteiger partial charge in [-0.15, -0.1) is 11.8 Å². The van der Waals surface area contributed by atoms with Crippen molar-refractivity contribution in [1.82, 2.24) is 0 Å². The van der Waals surface area contributed by atoms with E-state index in [1.165, 1.54) is 25.8 Å². The van der Waals surface area contributed by atoms with E-state index in [-0.39, 0.29) is 0 Å². The van der Waals surface area contributed by atoms with E-state index in [9.17, 15) is 9.18 Å². The molecular weight excluding hydrogens is 215 g/mol. The van der Waals surface area contributed by atoms with Gasteiger partial charge in [-0.05, 0) is 19.2 Å². The number of benzene rings is 1. The summed E-state index contributed by atoms with van der Waals surface area (Å²) in [4.78, 5) is 12.0. The summed E-state index contributed by atoms with van der Waals surface area (Å²) in [6.45, 7) is 1.22. The van der Waals surface area contributed by atoms with Crippen LogP contribution < -0.4 is 0 Å². The van der Waals surface area contributed by atoms with Crippen LogP contribution in [0.4, 0.5) is 4.39 Å². The highest BCUT2D eigenvalue weighted by molar-refractivity contribution is 7.98. The summed E-state index contributed by atoms with van der Waals surface area (Å²) in [5.41, 5.74) is -1.74. The molecule has 15 heavy (non-hydrogen) atoms. The van der Waals surface area contributed by atoms with E-state index in [0.29, 0.717) is 5.56 Å². The van der Waals surface area contributed by atoms with E-state index in [2.05, 4.69) is 4.74 Å². The maximum atomic E-state index is 14.2. The van der Waals surface area contributed by atoms with Gasteiger partial charge in [-0.3, -0.25) is 0 Å². The number of hydrogen-bond donors (Lipinski definition) is 0. The summed E-state index contributed by atoms with van der Waals surface area (Å²) >= 11 is 1.40. The second kappa shape index (κ2) is 4.66. The predicted octanol–water partition coefficient (Wildman–Crippen LogP) is 2.77. The third kappa shape index (κ3) is 2.31. The number of methoxy groups -OCH3 is 1. The summed E-state index contributed by atoms with van der Waals surface area (Å²) < 4.78 is 18.6. The fourth-order valence-electron chi connectivity index (χ4n) is 1.33. The van der Waals surface area contributed by atoms with E-state index in [1.807, 2.05) is 12.3 Å². The van der Waals surface area contributed by atoms with Gasteiger partial charge in [0.05, 0.1) is 7.11 Å². The smallest absolute Gasteiger partial charge is 0.348 e. The molecule has 4 heteroatoms. The fraction of sp³-hybridized carbons (Fsp3) is 0.364. The Kier molecular flexibility index (Phi) is 3.74. The summed E-state index contributed by atoms with van der Waals surface area (Å²) in [6.07, 6.45) is 1.84. The van der Waals surface area contributed by atoms with Gasteiger partial charge in [0.25, 0.3) is 0 Å². The molecule has 0 N–H and O–H groups in total. The molecule has 1 aromatic carbocycles. The van der Waals surface area contributed by atoms with E-state index < -0.39 is 11.6 Å². The van der Waals surface area contributed by atoms with Crippen LogP contribution in [-0.4, -0.2) is 19.3 Å². The summed E-state index contributed by atoms with van der Waals surface area (Å²) in [5, 5.41) is 0. The van der Waals surface area contributed by atoms with Gasteiger partial charge in [-0.2, -0.15) is 0 Å². The van der Waals surface area contributed by atoms with Gasteiger partial charge >= 0.3 is 5.97 Å². The lowest BCUT2D eigenvalue weighted by molar-refractivity contribution is -0.154. The zero-order valence-corrected chi connectivity index (χ0v) is 9.73. The summed E-state index contributed by atoms with van der Waals surface area (Å²) in [6, 6.07) is 6.89. The highest BCUT2D eigenvalue weighted by Crippen LogP contribution is 2.33. The molecule has 0 radical (unpaired) electrons. The molecule has 1 aromatic rings. The molecule has 0 aliphatic carbocycles. The topological polar surface area (TPSA) is 26.3 Å². The fourth-order valence-corrected chi connectivity index (χ4v) is 2.03. The van der Waals surface area contributed by atoms with E-state index in [4.69, 9.17) is 0 Å². The number of alkyl halides is 1. The predicted molar refractivity (Wildman–Crippen MR) is 58.7 cm³/mol. The van der Waals surface area contributed by atoms with Crippen LogP contribution in [-0.2, 0) is 15.2 Å². The Balaban J connectivity index is 3.19. The second-order valence-electron chi connectivity index (χ2n) is 3.19. The first-order chi connectivity index (χ1) is 7.04. The van der Waals surface area contributed by atoms with E-state index in [0.717, 1.165) is 4.90 Å². The van der Waals surface area contributed by atoms with Crippen LogP contribution in [0.1, 0.15) is 12.5 Å². The largest absolute Gasteiger partial charge is 0.466 e. The van der Waals surface area contributed by atoms with Crippen LogP contribution >= 0.6 is 11.8 Å². The maximum Gasteiger partial charge on any atom is 0.348 e. The number of halogens is 1. The zero-order valence-electron chi connectivity index (χ0n) is 8.91. The maximum absolute atomic E-state index is 14.2. The van der Waals surface area contributed by atoms with Gasteiger partial charge in [0, 0.05) is 10.5 Å². The van der Waals surface area contributed by atoms with Gasteiger partial charge in [0.2, 0.25) is 5.67 Å². The van der Waals surface area contributed by atoms with Crippen molar-refractivity contribution in [2.75, 3.05) is 13.4 Å². The highest BCUT2D eigenvalue weighted by Gasteiger charge is 2.38. The van der Waals surface area contributed by atoms with Gasteiger partial charge < -0.3 is 4.74 Å². The lowest BCUT2D eigenvalue weighted by Crippen LogP contribution is -2.29. The molecule has 0 spiro atoms. The van der Waals surface area contributed by atoms with Crippen LogP contribution in [0.2, 0.25) is 0 Å². The zero-order chi connectivity index (χ0) is 11.5. The molecule has 0 saturated carbocycles. The average molecular weight is 228 g/mol. The lowest BCUT2D eigenvalue weighted by atomic mass is 9.98. The van der Waals surface area contributed by atoms with Gasteiger partial charge in [0.15, 0.2) is 0 Å². The third-order valence-corrected chi connectivity index (χ3v) is 2.98. The van der Waals surface area contributed by atoms with Crippen molar-refractivity contribution in [3.63, 3.8) is 0 Å². The van der Waals surface area contributed by atoms with Crippen molar-refractivity contribution in [1.29, 1.82) is 0 Å². The molecule has 2 nitrogen and oxygen atoms in total. The normalized spacial score (nSPS) is 14.4. The Morgan fingerprint density at radius 1 is 1.47 bits per heavy atom. The summed E-state index contributed by atoms with van der Waals surface area (Å²) in [7, 11) is 1.18. The Morgan fingerprint density at radius 2 is 2.07 bits per heavy atom. The van der Waals surface area contributed by atoms with Crippen molar-refractivity contribution in [2.45, 2.75) is 17.5 Å². The lowest BCUT2D eigenvalue weighted by Gasteiger charge is -2.20. The van der Waals surface area contributed by atoms with Crippen molar-refractivity contribution < 1.29 is 13.9 Å². The van der Waals surface area contributed by atoms with Crippen molar-refractivity contribution in [3.8, 4) is 0 Å². The molecule has 0 fully saturated rings. The Morgan fingerprint density at radius 3 is 2.60 bits per heavy atom. The molecular formula is C11H13FO2S. The molecule has 1 unspecified atom stereocenters. The second-order valence-corrected chi connectivity index (χ2v) is 4.04. The molecule has 0 aromatic heterocycles. The first-order valence-electron chi connectivity index (χ1n) is 4.45. The molecule has 1 rings (SSSR count). The minimum atomic E-state index is -2.09. The van der Waals surface area contributed by atoms with Crippen molar-refractivity contribution in [3.05, 3.63) is 29.8 Å². The molecule has 1 atom stereocenters. The molecule has 0 saturated heterocycles. The van der Waals surface area contributed by atoms with Crippen LogP contribution in [0.25, 0.3) is 0 Å². The van der Waals surface area contributed by atoms with Crippen LogP contribution in [0, 0.1) is 0 Å². The summed E-state index contributed by atoms with van der Waals surface area (Å²) in [5.74, 6) is -0.871. The van der Waals surface area contributed by atoms with Gasteiger partial charge in [-0.1, -0.05) is 18.2 Å². The Hall–Kier alpha value is -1.03. The molecule has 0 heterocycles. The number of ether oxygens (including phenoxy) is 1. The molecule has 0 aliphatic heterocycles. The number of carbonyl (C=O) groups excluding carboxylic acids is 1. The minimum Gasteiger partial charge on any atom is -0.466 e. The Labute approximate surface area is 92.8 Å². The van der Waals surface area contributed by atoms with Crippen LogP contribution in [0.15, 0.2) is 29.2 Å². The third-order valence-electron chi connectivity index (χ3n) is 2.18. The molecule has 82 valence electrons. The SMILES string of the molecule is COC(=O)C(C)(F)c1ccccc1SC. The number of thioether (sulfide) groups is 1. The average Bonchev–Trinajstić information content (AvgIpc) is 2.27. The van der Waals surface area contributed by atoms with Gasteiger partial charge in [-0.25, -0.2) is 9.18 Å². The Bertz CT molecular complexity index is 363. The standard InChI is InChI=1S/C11H13FO2S/c1-11(12,10(13)14-2)8-6-4-5-7-9(8)15-3/h4-7H,1-3H3. The quantitative estimate of drug-likeness (QED) is 0.588. The minimum absolute atomic E-state index is 0.351. The number of esters is 1. The number of rotatable bonds is 3. The highest BCUT2D eigenvalue weighted by atomic mass is 32.2. The number of hydrogen-bond acceptors (Lipinski definition) is 3. The first-order valence-corrected chi connectivity index (χ1v) is 5.67. The van der Waals surface area contributed by atoms with E-state index >= 15 is 0 Å². The van der Waals surface area contributed by atoms with Crippen molar-refractivity contribution in [2.24, 2.45) is 0 Å². The monoisotopic (exact) mass is 228 g/mol. The van der Waals surface area contributed by atoms with Crippen LogP contribution in [0.5, 0.6) is 0 Å². The molecule has 0 aliphatic rings. The number of carbonyl (C=O) groups is 1. The van der Waals surface area contributed by atoms with E-state index in [1.54, 1.807) is 18.2 Å². The van der Waals surface area contributed by atoms with Gasteiger partial charge in [0.1, 0.15) is 0 Å². The van der Waals surface area contributed by atoms with Crippen molar-refractivity contribution >= 4 is 17.7 Å². The van der Waals surface area contributed by atoms with Crippen LogP contribution in [0.3, 0.4) is 0 Å². The molecule has 0 amide bonds. The molecule has 0 bridgehead atoms.